The minimum absolute atomic E-state index is 0.220. The second-order valence-corrected chi connectivity index (χ2v) is 6.54. The molecule has 2 aromatic heterocycles. The first-order chi connectivity index (χ1) is 13.0. The molecule has 4 aromatic rings. The summed E-state index contributed by atoms with van der Waals surface area (Å²) in [5.41, 5.74) is 1.62. The maximum Gasteiger partial charge on any atom is 0.341 e. The lowest BCUT2D eigenvalue weighted by Gasteiger charge is -2.13. The zero-order valence-electron chi connectivity index (χ0n) is 13.8. The predicted octanol–water partition coefficient (Wildman–Crippen LogP) is 3.41. The Morgan fingerprint density at radius 2 is 1.96 bits per heavy atom. The van der Waals surface area contributed by atoms with Crippen molar-refractivity contribution in [1.82, 2.24) is 14.2 Å². The van der Waals surface area contributed by atoms with Crippen molar-refractivity contribution in [3.63, 3.8) is 0 Å². The lowest BCUT2D eigenvalue weighted by molar-refractivity contribution is 0.0695. The average Bonchev–Trinajstić information content (AvgIpc) is 3.19. The molecule has 0 radical (unpaired) electrons. The Labute approximate surface area is 156 Å². The molecule has 0 aliphatic rings. The van der Waals surface area contributed by atoms with Crippen LogP contribution in [0.25, 0.3) is 22.2 Å². The second-order valence-electron chi connectivity index (χ2n) is 5.93. The number of carboxylic acid groups (broad SMARTS) is 1. The van der Waals surface area contributed by atoms with E-state index in [4.69, 9.17) is 0 Å². The van der Waals surface area contributed by atoms with Crippen molar-refractivity contribution in [3.05, 3.63) is 81.2 Å². The van der Waals surface area contributed by atoms with Crippen LogP contribution in [0.2, 0.25) is 0 Å². The van der Waals surface area contributed by atoms with Crippen molar-refractivity contribution in [2.75, 3.05) is 0 Å². The number of halogens is 1. The quantitative estimate of drug-likeness (QED) is 0.586. The zero-order chi connectivity index (χ0) is 19.0. The van der Waals surface area contributed by atoms with Gasteiger partial charge in [-0.2, -0.15) is 0 Å². The molecule has 2 heterocycles. The first kappa shape index (κ1) is 17.0. The van der Waals surface area contributed by atoms with Crippen molar-refractivity contribution in [2.45, 2.75) is 6.54 Å². The first-order valence-electron chi connectivity index (χ1n) is 7.96. The molecule has 0 fully saturated rings. The van der Waals surface area contributed by atoms with E-state index in [1.165, 1.54) is 23.8 Å². The summed E-state index contributed by atoms with van der Waals surface area (Å²) in [7, 11) is 0. The van der Waals surface area contributed by atoms with Gasteiger partial charge in [-0.3, -0.25) is 4.79 Å². The van der Waals surface area contributed by atoms with Gasteiger partial charge in [0.05, 0.1) is 10.9 Å². The van der Waals surface area contributed by atoms with E-state index in [1.807, 2.05) is 29.6 Å². The van der Waals surface area contributed by atoms with Crippen molar-refractivity contribution in [3.8, 4) is 11.3 Å². The van der Waals surface area contributed by atoms with Crippen LogP contribution in [0, 0.1) is 5.82 Å². The van der Waals surface area contributed by atoms with E-state index >= 15 is 0 Å². The second kappa shape index (κ2) is 6.73. The third-order valence-corrected chi connectivity index (χ3v) is 4.76. The van der Waals surface area contributed by atoms with E-state index in [2.05, 4.69) is 9.59 Å². The molecule has 27 heavy (non-hydrogen) atoms. The standard InChI is InChI=1S/C19H12FN3O3S/c20-14-2-1-3-16-17(14)18(24)13(19(25)26)9-23(16)8-11-4-6-12(7-5-11)15-10-27-22-21-15/h1-7,9-10H,8H2,(H,25,26). The molecule has 1 N–H and O–H groups in total. The summed E-state index contributed by atoms with van der Waals surface area (Å²) in [4.78, 5) is 23.7. The van der Waals surface area contributed by atoms with Gasteiger partial charge in [-0.05, 0) is 29.2 Å². The highest BCUT2D eigenvalue weighted by atomic mass is 32.1. The number of rotatable bonds is 4. The summed E-state index contributed by atoms with van der Waals surface area (Å²) in [5, 5.41) is 14.9. The van der Waals surface area contributed by atoms with E-state index in [-0.39, 0.29) is 11.9 Å². The summed E-state index contributed by atoms with van der Waals surface area (Å²) in [6.07, 6.45) is 1.25. The minimum atomic E-state index is -1.38. The van der Waals surface area contributed by atoms with Crippen LogP contribution in [0.5, 0.6) is 0 Å². The fourth-order valence-corrected chi connectivity index (χ4v) is 3.41. The van der Waals surface area contributed by atoms with Gasteiger partial charge in [0.2, 0.25) is 5.43 Å². The Kier molecular flexibility index (Phi) is 4.25. The van der Waals surface area contributed by atoms with Gasteiger partial charge in [-0.25, -0.2) is 9.18 Å². The van der Waals surface area contributed by atoms with Crippen LogP contribution in [-0.2, 0) is 6.54 Å². The van der Waals surface area contributed by atoms with Gasteiger partial charge in [-0.15, -0.1) is 5.10 Å². The molecule has 0 aliphatic heterocycles. The molecule has 0 aliphatic carbocycles. The number of carbonyl (C=O) groups is 1. The van der Waals surface area contributed by atoms with Crippen LogP contribution in [0.15, 0.2) is 58.8 Å². The molecular formula is C19H12FN3O3S. The molecule has 0 amide bonds. The number of fused-ring (bicyclic) bond motifs is 1. The summed E-state index contributed by atoms with van der Waals surface area (Å²) >= 11 is 1.26. The van der Waals surface area contributed by atoms with Gasteiger partial charge in [0.15, 0.2) is 0 Å². The maximum atomic E-state index is 14.2. The number of benzene rings is 2. The van der Waals surface area contributed by atoms with Crippen molar-refractivity contribution in [2.24, 2.45) is 0 Å². The SMILES string of the molecule is O=C(O)c1cn(Cc2ccc(-c3csnn3)cc2)c2cccc(F)c2c1=O. The first-order valence-corrected chi connectivity index (χ1v) is 8.79. The van der Waals surface area contributed by atoms with Gasteiger partial charge in [0, 0.05) is 23.7 Å². The summed E-state index contributed by atoms with van der Waals surface area (Å²) in [5.74, 6) is -2.12. The Bertz CT molecular complexity index is 1200. The Morgan fingerprint density at radius 3 is 2.63 bits per heavy atom. The number of carboxylic acids is 1. The van der Waals surface area contributed by atoms with E-state index < -0.39 is 22.8 Å². The third-order valence-electron chi connectivity index (χ3n) is 4.25. The molecule has 2 aromatic carbocycles. The summed E-state index contributed by atoms with van der Waals surface area (Å²) in [6, 6.07) is 11.8. The van der Waals surface area contributed by atoms with E-state index in [0.717, 1.165) is 22.9 Å². The number of pyridine rings is 1. The molecule has 0 spiro atoms. The molecule has 0 saturated carbocycles. The van der Waals surface area contributed by atoms with Gasteiger partial charge >= 0.3 is 5.97 Å². The highest BCUT2D eigenvalue weighted by Crippen LogP contribution is 2.20. The van der Waals surface area contributed by atoms with Crippen molar-refractivity contribution >= 4 is 28.4 Å². The minimum Gasteiger partial charge on any atom is -0.477 e. The maximum absolute atomic E-state index is 14.2. The number of aromatic carboxylic acids is 1. The number of aromatic nitrogens is 3. The fraction of sp³-hybridized carbons (Fsp3) is 0.0526. The lowest BCUT2D eigenvalue weighted by atomic mass is 10.1. The third kappa shape index (κ3) is 3.11. The monoisotopic (exact) mass is 381 g/mol. The topological polar surface area (TPSA) is 85.1 Å². The number of hydrogen-bond donors (Lipinski definition) is 1. The molecule has 8 heteroatoms. The highest BCUT2D eigenvalue weighted by Gasteiger charge is 2.17. The molecule has 0 bridgehead atoms. The molecule has 4 rings (SSSR count). The molecule has 6 nitrogen and oxygen atoms in total. The largest absolute Gasteiger partial charge is 0.477 e. The number of nitrogens with zero attached hydrogens (tertiary/aromatic N) is 3. The van der Waals surface area contributed by atoms with E-state index in [0.29, 0.717) is 5.52 Å². The zero-order valence-corrected chi connectivity index (χ0v) is 14.6. The summed E-state index contributed by atoms with van der Waals surface area (Å²) in [6.45, 7) is 0.288. The Morgan fingerprint density at radius 1 is 1.19 bits per heavy atom. The molecule has 0 atom stereocenters. The van der Waals surface area contributed by atoms with Gasteiger partial charge < -0.3 is 9.67 Å². The lowest BCUT2D eigenvalue weighted by Crippen LogP contribution is -2.20. The Balaban J connectivity index is 1.80. The van der Waals surface area contributed by atoms with Crippen molar-refractivity contribution in [1.29, 1.82) is 0 Å². The molecular weight excluding hydrogens is 369 g/mol. The highest BCUT2D eigenvalue weighted by molar-refractivity contribution is 7.03. The van der Waals surface area contributed by atoms with Crippen molar-refractivity contribution < 1.29 is 14.3 Å². The van der Waals surface area contributed by atoms with Gasteiger partial charge in [0.1, 0.15) is 17.1 Å². The molecule has 134 valence electrons. The van der Waals surface area contributed by atoms with Crippen LogP contribution >= 0.6 is 11.5 Å². The van der Waals surface area contributed by atoms with E-state index in [1.54, 1.807) is 10.6 Å². The Hall–Kier alpha value is -3.39. The van der Waals surface area contributed by atoms with Gasteiger partial charge in [0.25, 0.3) is 0 Å². The predicted molar refractivity (Wildman–Crippen MR) is 99.6 cm³/mol. The molecule has 0 unspecified atom stereocenters. The van der Waals surface area contributed by atoms with Crippen LogP contribution in [0.1, 0.15) is 15.9 Å². The van der Waals surface area contributed by atoms with Crippen LogP contribution in [-0.4, -0.2) is 25.2 Å². The summed E-state index contributed by atoms with van der Waals surface area (Å²) < 4.78 is 19.6. The van der Waals surface area contributed by atoms with Crippen LogP contribution < -0.4 is 5.43 Å². The smallest absolute Gasteiger partial charge is 0.341 e. The van der Waals surface area contributed by atoms with Gasteiger partial charge in [-0.1, -0.05) is 34.8 Å². The number of hydrogen-bond acceptors (Lipinski definition) is 5. The average molecular weight is 381 g/mol. The van der Waals surface area contributed by atoms with Crippen LogP contribution in [0.4, 0.5) is 4.39 Å². The van der Waals surface area contributed by atoms with Crippen LogP contribution in [0.3, 0.4) is 0 Å². The van der Waals surface area contributed by atoms with E-state index in [9.17, 15) is 19.1 Å². The molecule has 0 saturated heterocycles. The fourth-order valence-electron chi connectivity index (χ4n) is 2.95. The normalized spacial score (nSPS) is 11.0.